The molecule has 18 heavy (non-hydrogen) atoms. The molecule has 2 heterocycles. The molecule has 0 aliphatic heterocycles. The molecule has 2 aromatic heterocycles. The number of nitrogens with zero attached hydrogens (tertiary/aromatic N) is 3. The van der Waals surface area contributed by atoms with Crippen molar-refractivity contribution in [3.8, 4) is 0 Å². The molecule has 7 heteroatoms. The summed E-state index contributed by atoms with van der Waals surface area (Å²) < 4.78 is 37.3. The molecule has 0 aliphatic rings. The summed E-state index contributed by atoms with van der Waals surface area (Å²) >= 11 is 6.13. The molecule has 0 saturated carbocycles. The molecule has 0 radical (unpaired) electrons. The van der Waals surface area contributed by atoms with E-state index in [0.29, 0.717) is 5.69 Å². The molecular weight excluding hydrogens is 267 g/mol. The minimum atomic E-state index is -4.29. The van der Waals surface area contributed by atoms with Crippen LogP contribution in [0.2, 0.25) is 0 Å². The maximum atomic E-state index is 12.2. The Morgan fingerprint density at radius 2 is 1.89 bits per heavy atom. The lowest BCUT2D eigenvalue weighted by atomic mass is 10.1. The lowest BCUT2D eigenvalue weighted by molar-refractivity contribution is -0.142. The van der Waals surface area contributed by atoms with Crippen LogP contribution < -0.4 is 0 Å². The molecule has 2 aromatic rings. The van der Waals surface area contributed by atoms with Crippen molar-refractivity contribution in [1.82, 2.24) is 14.8 Å². The molecule has 96 valence electrons. The smallest absolute Gasteiger partial charge is 0.265 e. The highest BCUT2D eigenvalue weighted by molar-refractivity contribution is 6.22. The molecule has 0 N–H and O–H groups in total. The van der Waals surface area contributed by atoms with Crippen LogP contribution in [0.5, 0.6) is 0 Å². The van der Waals surface area contributed by atoms with Gasteiger partial charge in [-0.3, -0.25) is 9.67 Å². The maximum absolute atomic E-state index is 12.2. The first-order chi connectivity index (χ1) is 8.46. The fourth-order valence-corrected chi connectivity index (χ4v) is 1.75. The third kappa shape index (κ3) is 3.22. The zero-order valence-corrected chi connectivity index (χ0v) is 9.86. The second-order valence-corrected chi connectivity index (χ2v) is 4.13. The van der Waals surface area contributed by atoms with Gasteiger partial charge in [-0.2, -0.15) is 18.3 Å². The number of rotatable bonds is 3. The van der Waals surface area contributed by atoms with Crippen molar-refractivity contribution in [2.24, 2.45) is 0 Å². The summed E-state index contributed by atoms with van der Waals surface area (Å²) in [5.41, 5.74) is 1.12. The Hall–Kier alpha value is -1.56. The summed E-state index contributed by atoms with van der Waals surface area (Å²) in [6.45, 7) is -1.12. The second kappa shape index (κ2) is 4.97. The van der Waals surface area contributed by atoms with Crippen molar-refractivity contribution in [3.05, 3.63) is 48.0 Å². The summed E-state index contributed by atoms with van der Waals surface area (Å²) in [5, 5.41) is 3.24. The van der Waals surface area contributed by atoms with Crippen LogP contribution >= 0.6 is 11.6 Å². The van der Waals surface area contributed by atoms with Gasteiger partial charge < -0.3 is 0 Å². The Labute approximate surface area is 106 Å². The highest BCUT2D eigenvalue weighted by Gasteiger charge is 2.28. The molecule has 0 aliphatic carbocycles. The summed E-state index contributed by atoms with van der Waals surface area (Å²) in [5.74, 6) is 0. The van der Waals surface area contributed by atoms with Crippen LogP contribution in [0.4, 0.5) is 13.2 Å². The van der Waals surface area contributed by atoms with E-state index in [9.17, 15) is 13.2 Å². The molecule has 2 rings (SSSR count). The molecule has 0 fully saturated rings. The van der Waals surface area contributed by atoms with E-state index in [1.807, 2.05) is 0 Å². The molecule has 0 bridgehead atoms. The van der Waals surface area contributed by atoms with Crippen LogP contribution in [0.25, 0.3) is 0 Å². The van der Waals surface area contributed by atoms with Crippen molar-refractivity contribution >= 4 is 11.6 Å². The number of hydrogen-bond acceptors (Lipinski definition) is 2. The first kappa shape index (κ1) is 12.9. The maximum Gasteiger partial charge on any atom is 0.408 e. The monoisotopic (exact) mass is 275 g/mol. The van der Waals surface area contributed by atoms with Gasteiger partial charge in [-0.15, -0.1) is 11.6 Å². The van der Waals surface area contributed by atoms with Gasteiger partial charge in [0.05, 0.1) is 5.69 Å². The van der Waals surface area contributed by atoms with E-state index < -0.39 is 18.1 Å². The van der Waals surface area contributed by atoms with Crippen molar-refractivity contribution in [2.75, 3.05) is 0 Å². The predicted molar refractivity (Wildman–Crippen MR) is 60.2 cm³/mol. The zero-order chi connectivity index (χ0) is 13.2. The topological polar surface area (TPSA) is 30.7 Å². The largest absolute Gasteiger partial charge is 0.408 e. The molecule has 3 nitrogen and oxygen atoms in total. The molecule has 0 saturated heterocycles. The zero-order valence-electron chi connectivity index (χ0n) is 9.10. The fraction of sp³-hybridized carbons (Fsp3) is 0.273. The molecule has 0 unspecified atom stereocenters. The van der Waals surface area contributed by atoms with Gasteiger partial charge in [0.2, 0.25) is 0 Å². The molecular formula is C11H9ClF3N3. The van der Waals surface area contributed by atoms with Gasteiger partial charge in [0.15, 0.2) is 0 Å². The molecule has 0 aromatic carbocycles. The van der Waals surface area contributed by atoms with Gasteiger partial charge in [0.1, 0.15) is 11.9 Å². The Bertz CT molecular complexity index is 510. The van der Waals surface area contributed by atoms with E-state index in [1.54, 1.807) is 24.5 Å². The molecule has 0 amide bonds. The lowest BCUT2D eigenvalue weighted by Gasteiger charge is -2.07. The van der Waals surface area contributed by atoms with E-state index in [1.165, 1.54) is 12.3 Å². The highest BCUT2D eigenvalue weighted by Crippen LogP contribution is 2.27. The standard InChI is InChI=1S/C11H9ClF3N3/c12-10(8-1-4-16-5-2-8)9-3-6-18(17-9)7-11(13,14)15/h1-6,10H,7H2/t10-/m1/s1. The summed E-state index contributed by atoms with van der Waals surface area (Å²) in [7, 11) is 0. The van der Waals surface area contributed by atoms with E-state index in [4.69, 9.17) is 11.6 Å². The number of hydrogen-bond donors (Lipinski definition) is 0. The van der Waals surface area contributed by atoms with Crippen molar-refractivity contribution in [1.29, 1.82) is 0 Å². The van der Waals surface area contributed by atoms with Gasteiger partial charge in [0.25, 0.3) is 0 Å². The Morgan fingerprint density at radius 1 is 1.22 bits per heavy atom. The number of alkyl halides is 4. The summed E-state index contributed by atoms with van der Waals surface area (Å²) in [4.78, 5) is 3.84. The Balaban J connectivity index is 2.15. The third-order valence-electron chi connectivity index (χ3n) is 2.26. The SMILES string of the molecule is FC(F)(F)Cn1ccc([C@H](Cl)c2ccncc2)n1. The van der Waals surface area contributed by atoms with Crippen LogP contribution in [-0.2, 0) is 6.54 Å². The fourth-order valence-electron chi connectivity index (χ4n) is 1.49. The van der Waals surface area contributed by atoms with Crippen molar-refractivity contribution in [2.45, 2.75) is 18.1 Å². The first-order valence-corrected chi connectivity index (χ1v) is 5.53. The minimum absolute atomic E-state index is 0.382. The van der Waals surface area contributed by atoms with Crippen LogP contribution in [-0.4, -0.2) is 20.9 Å². The first-order valence-electron chi connectivity index (χ1n) is 5.10. The summed E-state index contributed by atoms with van der Waals surface area (Å²) in [6, 6.07) is 4.87. The van der Waals surface area contributed by atoms with Crippen LogP contribution in [0.1, 0.15) is 16.6 Å². The van der Waals surface area contributed by atoms with Crippen molar-refractivity contribution < 1.29 is 13.2 Å². The Kier molecular flexibility index (Phi) is 3.56. The third-order valence-corrected chi connectivity index (χ3v) is 2.74. The average Bonchev–Trinajstić information content (AvgIpc) is 2.75. The second-order valence-electron chi connectivity index (χ2n) is 3.70. The van der Waals surface area contributed by atoms with Gasteiger partial charge in [-0.1, -0.05) is 0 Å². The minimum Gasteiger partial charge on any atom is -0.265 e. The van der Waals surface area contributed by atoms with Crippen LogP contribution in [0.3, 0.4) is 0 Å². The average molecular weight is 276 g/mol. The summed E-state index contributed by atoms with van der Waals surface area (Å²) in [6.07, 6.45) is 0.107. The van der Waals surface area contributed by atoms with E-state index in [0.717, 1.165) is 10.2 Å². The van der Waals surface area contributed by atoms with Crippen LogP contribution in [0, 0.1) is 0 Å². The molecule has 1 atom stereocenters. The van der Waals surface area contributed by atoms with Crippen molar-refractivity contribution in [3.63, 3.8) is 0 Å². The number of halogens is 4. The quantitative estimate of drug-likeness (QED) is 0.806. The highest BCUT2D eigenvalue weighted by atomic mass is 35.5. The normalized spacial score (nSPS) is 13.6. The number of aromatic nitrogens is 3. The van der Waals surface area contributed by atoms with Gasteiger partial charge >= 0.3 is 6.18 Å². The number of pyridine rings is 1. The van der Waals surface area contributed by atoms with Crippen LogP contribution in [0.15, 0.2) is 36.8 Å². The molecule has 0 spiro atoms. The van der Waals surface area contributed by atoms with E-state index in [-0.39, 0.29) is 0 Å². The predicted octanol–water partition coefficient (Wildman–Crippen LogP) is 3.17. The van der Waals surface area contributed by atoms with Gasteiger partial charge in [0, 0.05) is 18.6 Å². The Morgan fingerprint density at radius 3 is 2.50 bits per heavy atom. The van der Waals surface area contributed by atoms with E-state index in [2.05, 4.69) is 10.1 Å². The van der Waals surface area contributed by atoms with Gasteiger partial charge in [-0.05, 0) is 23.8 Å². The van der Waals surface area contributed by atoms with E-state index >= 15 is 0 Å². The van der Waals surface area contributed by atoms with Gasteiger partial charge in [-0.25, -0.2) is 0 Å². The lowest BCUT2D eigenvalue weighted by Crippen LogP contribution is -2.18.